The van der Waals surface area contributed by atoms with E-state index in [1.54, 1.807) is 27.7 Å². The molecule has 0 radical (unpaired) electrons. The van der Waals surface area contributed by atoms with Crippen LogP contribution in [0.1, 0.15) is 39.0 Å². The van der Waals surface area contributed by atoms with Gasteiger partial charge in [-0.3, -0.25) is 14.7 Å². The molecule has 29 heavy (non-hydrogen) atoms. The van der Waals surface area contributed by atoms with Crippen LogP contribution in [0, 0.1) is 10.1 Å². The number of non-ortho nitro benzene ring substituents is 1. The zero-order valence-electron chi connectivity index (χ0n) is 16.6. The lowest BCUT2D eigenvalue weighted by Gasteiger charge is -2.31. The Morgan fingerprint density at radius 3 is 2.00 bits per heavy atom. The summed E-state index contributed by atoms with van der Waals surface area (Å²) < 4.78 is 25.1. The molecule has 0 saturated heterocycles. The molecule has 2 aromatic rings. The predicted octanol–water partition coefficient (Wildman–Crippen LogP) is 5.16. The van der Waals surface area contributed by atoms with Crippen molar-refractivity contribution in [2.75, 3.05) is 5.32 Å². The molecule has 10 heteroatoms. The van der Waals surface area contributed by atoms with Gasteiger partial charge in [0.1, 0.15) is 11.5 Å². The van der Waals surface area contributed by atoms with Crippen molar-refractivity contribution >= 4 is 19.0 Å². The maximum absolute atomic E-state index is 13.8. The van der Waals surface area contributed by atoms with Gasteiger partial charge < -0.3 is 24.6 Å². The third-order valence-electron chi connectivity index (χ3n) is 3.72. The molecule has 158 valence electrons. The van der Waals surface area contributed by atoms with Gasteiger partial charge in [0.05, 0.1) is 17.1 Å². The first kappa shape index (κ1) is 22.7. The highest BCUT2D eigenvalue weighted by Gasteiger charge is 2.41. The molecule has 0 heterocycles. The van der Waals surface area contributed by atoms with Crippen LogP contribution in [-0.2, 0) is 13.6 Å². The van der Waals surface area contributed by atoms with Crippen molar-refractivity contribution in [3.8, 4) is 11.5 Å². The summed E-state index contributed by atoms with van der Waals surface area (Å²) in [6.07, 6.45) is -0.889. The molecular formula is C19H25N2O7P. The van der Waals surface area contributed by atoms with Crippen molar-refractivity contribution in [3.05, 3.63) is 58.1 Å². The highest BCUT2D eigenvalue weighted by molar-refractivity contribution is 7.54. The van der Waals surface area contributed by atoms with Crippen molar-refractivity contribution in [1.29, 1.82) is 0 Å². The van der Waals surface area contributed by atoms with E-state index in [4.69, 9.17) is 9.05 Å². The Balaban J connectivity index is 2.54. The standard InChI is InChI=1S/C19H25N2O7P/c1-12(2)27-29(26,28-13(3)4)19(17-10-9-16(22)11-18(17)23)20-14-5-7-15(8-6-14)21(24)25/h5-13,19-20,22-23H,1-4H3. The van der Waals surface area contributed by atoms with E-state index in [1.165, 1.54) is 36.4 Å². The van der Waals surface area contributed by atoms with Crippen molar-refractivity contribution in [2.24, 2.45) is 0 Å². The molecule has 9 nitrogen and oxygen atoms in total. The van der Waals surface area contributed by atoms with E-state index in [0.29, 0.717) is 5.69 Å². The molecule has 1 atom stereocenters. The summed E-state index contributed by atoms with van der Waals surface area (Å²) in [7, 11) is -3.89. The summed E-state index contributed by atoms with van der Waals surface area (Å²) in [4.78, 5) is 10.4. The van der Waals surface area contributed by atoms with Crippen LogP contribution in [0.2, 0.25) is 0 Å². The van der Waals surface area contributed by atoms with E-state index in [2.05, 4.69) is 5.32 Å². The van der Waals surface area contributed by atoms with E-state index >= 15 is 0 Å². The number of benzene rings is 2. The van der Waals surface area contributed by atoms with Crippen LogP contribution in [0.4, 0.5) is 11.4 Å². The maximum atomic E-state index is 13.8. The van der Waals surface area contributed by atoms with Crippen LogP contribution in [-0.4, -0.2) is 27.3 Å². The van der Waals surface area contributed by atoms with Crippen LogP contribution < -0.4 is 5.32 Å². The minimum absolute atomic E-state index is 0.0976. The molecular weight excluding hydrogens is 399 g/mol. The van der Waals surface area contributed by atoms with Gasteiger partial charge in [0, 0.05) is 29.4 Å². The number of phenols is 2. The number of aromatic hydroxyl groups is 2. The maximum Gasteiger partial charge on any atom is 0.357 e. The number of nitro benzene ring substituents is 1. The average molecular weight is 424 g/mol. The van der Waals surface area contributed by atoms with Gasteiger partial charge in [-0.25, -0.2) is 0 Å². The molecule has 0 aliphatic rings. The quantitative estimate of drug-likeness (QED) is 0.286. The van der Waals surface area contributed by atoms with Crippen LogP contribution in [0.3, 0.4) is 0 Å². The number of rotatable bonds is 9. The largest absolute Gasteiger partial charge is 0.508 e. The lowest BCUT2D eigenvalue weighted by molar-refractivity contribution is -0.384. The monoisotopic (exact) mass is 424 g/mol. The van der Waals surface area contributed by atoms with Crippen LogP contribution in [0.5, 0.6) is 11.5 Å². The van der Waals surface area contributed by atoms with Crippen LogP contribution in [0.25, 0.3) is 0 Å². The summed E-state index contributed by atoms with van der Waals surface area (Å²) in [6, 6.07) is 9.38. The number of nitro groups is 1. The lowest BCUT2D eigenvalue weighted by atomic mass is 10.1. The van der Waals surface area contributed by atoms with E-state index in [-0.39, 0.29) is 22.7 Å². The first-order valence-corrected chi connectivity index (χ1v) is 10.6. The van der Waals surface area contributed by atoms with Crippen molar-refractivity contribution < 1.29 is 28.7 Å². The van der Waals surface area contributed by atoms with Gasteiger partial charge in [-0.2, -0.15) is 0 Å². The number of hydrogen-bond acceptors (Lipinski definition) is 8. The second kappa shape index (κ2) is 9.26. The summed E-state index contributed by atoms with van der Waals surface area (Å²) in [5.74, 6) is -1.59. The SMILES string of the molecule is CC(C)OP(=O)(OC(C)C)C(Nc1ccc([N+](=O)[O-])cc1)c1ccc(O)cc1O. The Hall–Kier alpha value is -2.61. The number of nitrogens with zero attached hydrogens (tertiary/aromatic N) is 1. The molecule has 0 fully saturated rings. The highest BCUT2D eigenvalue weighted by atomic mass is 31.2. The second-order valence-corrected chi connectivity index (χ2v) is 8.96. The van der Waals surface area contributed by atoms with Gasteiger partial charge in [-0.05, 0) is 52.0 Å². The van der Waals surface area contributed by atoms with E-state index in [9.17, 15) is 24.9 Å². The van der Waals surface area contributed by atoms with Gasteiger partial charge >= 0.3 is 7.60 Å². The molecule has 0 aliphatic carbocycles. The number of phenolic OH excluding ortho intramolecular Hbond substituents is 2. The van der Waals surface area contributed by atoms with Crippen LogP contribution in [0.15, 0.2) is 42.5 Å². The molecule has 0 spiro atoms. The van der Waals surface area contributed by atoms with Gasteiger partial charge in [-0.15, -0.1) is 0 Å². The summed E-state index contributed by atoms with van der Waals surface area (Å²) in [6.45, 7) is 6.82. The first-order valence-electron chi connectivity index (χ1n) is 9.01. The van der Waals surface area contributed by atoms with Crippen molar-refractivity contribution in [2.45, 2.75) is 45.7 Å². The number of nitrogens with one attached hydrogen (secondary N) is 1. The fraction of sp³-hybridized carbons (Fsp3) is 0.368. The van der Waals surface area contributed by atoms with Gasteiger partial charge in [0.25, 0.3) is 5.69 Å². The Kier molecular flexibility index (Phi) is 7.24. The predicted molar refractivity (Wildman–Crippen MR) is 109 cm³/mol. The van der Waals surface area contributed by atoms with E-state index in [0.717, 1.165) is 6.07 Å². The molecule has 0 saturated carbocycles. The second-order valence-electron chi connectivity index (χ2n) is 6.94. The Bertz CT molecular complexity index is 886. The fourth-order valence-corrected chi connectivity index (χ4v) is 5.00. The zero-order chi connectivity index (χ0) is 21.8. The highest BCUT2D eigenvalue weighted by Crippen LogP contribution is 2.63. The molecule has 0 aliphatic heterocycles. The summed E-state index contributed by atoms with van der Waals surface area (Å²) in [5.41, 5.74) is 0.499. The minimum atomic E-state index is -3.89. The fourth-order valence-electron chi connectivity index (χ4n) is 2.66. The zero-order valence-corrected chi connectivity index (χ0v) is 17.5. The molecule has 0 bridgehead atoms. The molecule has 0 amide bonds. The Labute approximate surface area is 169 Å². The summed E-state index contributed by atoms with van der Waals surface area (Å²) in [5, 5.41) is 33.9. The molecule has 3 N–H and O–H groups in total. The Morgan fingerprint density at radius 1 is 1.00 bits per heavy atom. The number of anilines is 1. The Morgan fingerprint density at radius 2 is 1.55 bits per heavy atom. The van der Waals surface area contributed by atoms with Gasteiger partial charge in [0.15, 0.2) is 5.78 Å². The first-order chi connectivity index (χ1) is 13.5. The lowest BCUT2D eigenvalue weighted by Crippen LogP contribution is -2.19. The van der Waals surface area contributed by atoms with Crippen molar-refractivity contribution in [3.63, 3.8) is 0 Å². The van der Waals surface area contributed by atoms with E-state index in [1.807, 2.05) is 0 Å². The molecule has 2 aromatic carbocycles. The van der Waals surface area contributed by atoms with Gasteiger partial charge in [0.2, 0.25) is 0 Å². The topological polar surface area (TPSA) is 131 Å². The average Bonchev–Trinajstić information content (AvgIpc) is 2.59. The molecule has 2 rings (SSSR count). The van der Waals surface area contributed by atoms with Crippen molar-refractivity contribution in [1.82, 2.24) is 0 Å². The molecule has 1 unspecified atom stereocenters. The minimum Gasteiger partial charge on any atom is -0.508 e. The number of hydrogen-bond donors (Lipinski definition) is 3. The third-order valence-corrected chi connectivity index (χ3v) is 6.19. The summed E-state index contributed by atoms with van der Waals surface area (Å²) >= 11 is 0. The molecule has 0 aromatic heterocycles. The normalized spacial score (nSPS) is 12.9. The third kappa shape index (κ3) is 5.93. The van der Waals surface area contributed by atoms with E-state index < -0.39 is 30.5 Å². The van der Waals surface area contributed by atoms with Gasteiger partial charge in [-0.1, -0.05) is 0 Å². The smallest absolute Gasteiger partial charge is 0.357 e. The van der Waals surface area contributed by atoms with Crippen LogP contribution >= 0.6 is 7.60 Å².